The van der Waals surface area contributed by atoms with Gasteiger partial charge < -0.3 is 14.3 Å². The minimum atomic E-state index is -0.834. The summed E-state index contributed by atoms with van der Waals surface area (Å²) in [6.45, 7) is 5.02. The minimum absolute atomic E-state index is 0.109. The molecule has 0 unspecified atom stereocenters. The van der Waals surface area contributed by atoms with Crippen molar-refractivity contribution in [1.29, 1.82) is 0 Å². The van der Waals surface area contributed by atoms with Gasteiger partial charge in [0.05, 0.1) is 6.26 Å². The van der Waals surface area contributed by atoms with Crippen molar-refractivity contribution in [2.45, 2.75) is 167 Å². The number of carbonyl (C=O) groups is 1. The van der Waals surface area contributed by atoms with E-state index in [1.165, 1.54) is 108 Å². The van der Waals surface area contributed by atoms with Crippen LogP contribution >= 0.6 is 0 Å². The van der Waals surface area contributed by atoms with Crippen LogP contribution in [0.3, 0.4) is 0 Å². The first kappa shape index (κ1) is 30.2. The van der Waals surface area contributed by atoms with Gasteiger partial charge >= 0.3 is 5.97 Å². The first-order valence-corrected chi connectivity index (χ1v) is 17.3. The average Bonchev–Trinajstić information content (AvgIpc) is 3.50. The van der Waals surface area contributed by atoms with E-state index in [0.29, 0.717) is 18.3 Å². The van der Waals surface area contributed by atoms with Crippen LogP contribution in [0.15, 0.2) is 16.7 Å². The number of esters is 1. The van der Waals surface area contributed by atoms with Crippen LogP contribution in [-0.4, -0.2) is 23.3 Å². The fourth-order valence-electron chi connectivity index (χ4n) is 10.1. The van der Waals surface area contributed by atoms with E-state index in [1.807, 2.05) is 6.26 Å². The lowest BCUT2D eigenvalue weighted by Gasteiger charge is -2.59. The summed E-state index contributed by atoms with van der Waals surface area (Å²) in [6, 6.07) is 2.22. The predicted octanol–water partition coefficient (Wildman–Crippen LogP) is 9.67. The van der Waals surface area contributed by atoms with Gasteiger partial charge in [-0.05, 0) is 91.6 Å². The van der Waals surface area contributed by atoms with Crippen molar-refractivity contribution in [3.05, 3.63) is 23.7 Å². The maximum atomic E-state index is 12.6. The fraction of sp³-hybridized carbons (Fsp3) is 0.861. The molecule has 2 bridgehead atoms. The summed E-state index contributed by atoms with van der Waals surface area (Å²) >= 11 is 0. The van der Waals surface area contributed by atoms with Crippen molar-refractivity contribution < 1.29 is 19.1 Å². The smallest absolute Gasteiger partial charge is 0.305 e. The second-order valence-electron chi connectivity index (χ2n) is 14.7. The van der Waals surface area contributed by atoms with E-state index in [2.05, 4.69) is 19.9 Å². The average molecular weight is 555 g/mol. The van der Waals surface area contributed by atoms with E-state index in [9.17, 15) is 9.90 Å². The SMILES string of the molecule is CCCCCCCCCCCCCCCC(=O)OC[C@]1(O)C[C@]23CC[C@@H]4c5ccoc5CC[C@@]4(C)[C@@H]2CC[C@@H]1C3. The molecular formula is C36H58O4. The highest BCUT2D eigenvalue weighted by atomic mass is 16.5. The third-order valence-electron chi connectivity index (χ3n) is 12.2. The summed E-state index contributed by atoms with van der Waals surface area (Å²) in [5, 5.41) is 11.8. The van der Waals surface area contributed by atoms with Gasteiger partial charge in [0.2, 0.25) is 0 Å². The molecule has 0 amide bonds. The largest absolute Gasteiger partial charge is 0.469 e. The van der Waals surface area contributed by atoms with Crippen molar-refractivity contribution in [3.63, 3.8) is 0 Å². The Morgan fingerprint density at radius 2 is 1.62 bits per heavy atom. The summed E-state index contributed by atoms with van der Waals surface area (Å²) in [5.74, 6) is 2.62. The summed E-state index contributed by atoms with van der Waals surface area (Å²) in [6.07, 6.45) is 28.2. The first-order chi connectivity index (χ1) is 19.4. The Kier molecular flexibility index (Phi) is 10.1. The second-order valence-corrected chi connectivity index (χ2v) is 14.7. The Hall–Kier alpha value is -1.29. The summed E-state index contributed by atoms with van der Waals surface area (Å²) < 4.78 is 11.6. The van der Waals surface area contributed by atoms with Crippen LogP contribution in [0.1, 0.15) is 166 Å². The van der Waals surface area contributed by atoms with Crippen LogP contribution in [-0.2, 0) is 16.0 Å². The van der Waals surface area contributed by atoms with Crippen molar-refractivity contribution in [1.82, 2.24) is 0 Å². The van der Waals surface area contributed by atoms with Gasteiger partial charge in [-0.25, -0.2) is 0 Å². The molecule has 1 heterocycles. The zero-order chi connectivity index (χ0) is 28.1. The highest BCUT2D eigenvalue weighted by molar-refractivity contribution is 5.69. The van der Waals surface area contributed by atoms with E-state index in [-0.39, 0.29) is 29.3 Å². The van der Waals surface area contributed by atoms with Gasteiger partial charge in [-0.1, -0.05) is 90.9 Å². The summed E-state index contributed by atoms with van der Waals surface area (Å²) in [7, 11) is 0. The van der Waals surface area contributed by atoms with Gasteiger partial charge in [0.1, 0.15) is 18.0 Å². The van der Waals surface area contributed by atoms with Crippen molar-refractivity contribution in [3.8, 4) is 0 Å². The third-order valence-corrected chi connectivity index (χ3v) is 12.2. The monoisotopic (exact) mass is 554 g/mol. The minimum Gasteiger partial charge on any atom is -0.469 e. The van der Waals surface area contributed by atoms with E-state index < -0.39 is 5.60 Å². The standard InChI is InChI=1S/C36H58O4/c1-3-4-5-6-7-8-9-10-11-12-13-14-15-16-33(37)40-27-36(38)26-35-23-19-30-29-21-24-39-31(29)20-22-34(30,2)32(35)18-17-28(36)25-35/h21,24,28,30,32,38H,3-20,22-23,25-27H2,1-2H3/t28-,30-,32+,34-,35-,36-/m1/s1. The number of carbonyl (C=O) groups excluding carboxylic acids is 1. The first-order valence-electron chi connectivity index (χ1n) is 17.3. The Bertz CT molecular complexity index is 952. The van der Waals surface area contributed by atoms with Crippen molar-refractivity contribution in [2.75, 3.05) is 6.61 Å². The molecule has 5 rings (SSSR count). The number of rotatable bonds is 16. The molecule has 226 valence electrons. The van der Waals surface area contributed by atoms with Crippen LogP contribution in [0.4, 0.5) is 0 Å². The molecular weight excluding hydrogens is 496 g/mol. The molecule has 1 aromatic rings. The number of aryl methyl sites for hydroxylation is 1. The molecule has 4 heteroatoms. The lowest BCUT2D eigenvalue weighted by Crippen LogP contribution is -2.51. The van der Waals surface area contributed by atoms with Gasteiger partial charge in [0.15, 0.2) is 0 Å². The second kappa shape index (κ2) is 13.3. The molecule has 0 radical (unpaired) electrons. The van der Waals surface area contributed by atoms with E-state index in [0.717, 1.165) is 38.5 Å². The third kappa shape index (κ3) is 6.37. The Morgan fingerprint density at radius 1 is 0.950 bits per heavy atom. The van der Waals surface area contributed by atoms with Gasteiger partial charge in [-0.3, -0.25) is 4.79 Å². The van der Waals surface area contributed by atoms with Crippen LogP contribution in [0.5, 0.6) is 0 Å². The fourth-order valence-corrected chi connectivity index (χ4v) is 10.1. The number of hydrogen-bond acceptors (Lipinski definition) is 4. The predicted molar refractivity (Wildman–Crippen MR) is 161 cm³/mol. The van der Waals surface area contributed by atoms with Crippen LogP contribution < -0.4 is 0 Å². The van der Waals surface area contributed by atoms with Gasteiger partial charge in [0, 0.05) is 12.8 Å². The number of unbranched alkanes of at least 4 members (excludes halogenated alkanes) is 12. The maximum Gasteiger partial charge on any atom is 0.305 e. The molecule has 6 atom stereocenters. The van der Waals surface area contributed by atoms with Gasteiger partial charge in [0.25, 0.3) is 0 Å². The van der Waals surface area contributed by atoms with Crippen molar-refractivity contribution >= 4 is 5.97 Å². The molecule has 40 heavy (non-hydrogen) atoms. The number of ether oxygens (including phenoxy) is 1. The summed E-state index contributed by atoms with van der Waals surface area (Å²) in [4.78, 5) is 12.6. The zero-order valence-corrected chi connectivity index (χ0v) is 25.8. The molecule has 0 aliphatic heterocycles. The van der Waals surface area contributed by atoms with Gasteiger partial charge in [-0.2, -0.15) is 0 Å². The highest BCUT2D eigenvalue weighted by Crippen LogP contribution is 2.72. The Morgan fingerprint density at radius 3 is 2.33 bits per heavy atom. The molecule has 1 aromatic heterocycles. The lowest BCUT2D eigenvalue weighted by atomic mass is 9.45. The number of fused-ring (bicyclic) bond motifs is 5. The Labute approximate surface area is 244 Å². The lowest BCUT2D eigenvalue weighted by molar-refractivity contribution is -0.154. The van der Waals surface area contributed by atoms with Crippen LogP contribution in [0.25, 0.3) is 0 Å². The van der Waals surface area contributed by atoms with E-state index in [1.54, 1.807) is 0 Å². The molecule has 1 spiro atoms. The molecule has 3 saturated carbocycles. The van der Waals surface area contributed by atoms with Gasteiger partial charge in [-0.15, -0.1) is 0 Å². The molecule has 3 fully saturated rings. The zero-order valence-electron chi connectivity index (χ0n) is 25.8. The highest BCUT2D eigenvalue weighted by Gasteiger charge is 2.66. The molecule has 1 N–H and O–H groups in total. The molecule has 4 aliphatic carbocycles. The maximum absolute atomic E-state index is 12.6. The molecule has 0 saturated heterocycles. The van der Waals surface area contributed by atoms with E-state index >= 15 is 0 Å². The molecule has 4 aliphatic rings. The van der Waals surface area contributed by atoms with Crippen LogP contribution in [0.2, 0.25) is 0 Å². The molecule has 0 aromatic carbocycles. The normalized spacial score (nSPS) is 34.2. The summed E-state index contributed by atoms with van der Waals surface area (Å²) in [5.41, 5.74) is 1.13. The van der Waals surface area contributed by atoms with Crippen molar-refractivity contribution in [2.24, 2.45) is 22.7 Å². The van der Waals surface area contributed by atoms with Crippen LogP contribution in [0, 0.1) is 22.7 Å². The number of aliphatic hydroxyl groups is 1. The number of furan rings is 1. The van der Waals surface area contributed by atoms with E-state index in [4.69, 9.17) is 9.15 Å². The quantitative estimate of drug-likeness (QED) is 0.163. The topological polar surface area (TPSA) is 59.7 Å². The number of hydrogen-bond donors (Lipinski definition) is 1. The Balaban J connectivity index is 0.991. The molecule has 4 nitrogen and oxygen atoms in total.